The fourth-order valence-corrected chi connectivity index (χ4v) is 8.37. The molecule has 0 aromatic rings. The third-order valence-corrected chi connectivity index (χ3v) is 10.5. The lowest BCUT2D eigenvalue weighted by atomic mass is 9.68. The number of unbranched alkanes of at least 4 members (excludes halogenated alkanes) is 2. The van der Waals surface area contributed by atoms with Crippen LogP contribution in [-0.2, 0) is 8.85 Å². The van der Waals surface area contributed by atoms with E-state index in [9.17, 15) is 0 Å². The smallest absolute Gasteiger partial charge is 0.171 e. The zero-order valence-electron chi connectivity index (χ0n) is 27.0. The molecule has 1 saturated carbocycles. The molecule has 5 heteroatoms. The largest absolute Gasteiger partial charge is 0.421 e. The van der Waals surface area contributed by atoms with Crippen molar-refractivity contribution in [2.45, 2.75) is 131 Å². The van der Waals surface area contributed by atoms with Crippen molar-refractivity contribution in [1.29, 1.82) is 0 Å². The van der Waals surface area contributed by atoms with Crippen LogP contribution in [0.4, 0.5) is 0 Å². The second-order valence-electron chi connectivity index (χ2n) is 15.2. The first-order valence-corrected chi connectivity index (χ1v) is 24.0. The number of rotatable bonds is 12. The number of hydrogen-bond donors (Lipinski definition) is 0. The van der Waals surface area contributed by atoms with Crippen LogP contribution in [0.25, 0.3) is 0 Å². The van der Waals surface area contributed by atoms with E-state index in [0.717, 1.165) is 19.4 Å². The van der Waals surface area contributed by atoms with E-state index in [2.05, 4.69) is 118 Å². The molecule has 0 heterocycles. The van der Waals surface area contributed by atoms with E-state index in [0.29, 0.717) is 17.8 Å². The molecule has 0 aliphatic heterocycles. The fraction of sp³-hybridized carbons (Fsp3) is 0.812. The molecule has 4 atom stereocenters. The predicted molar refractivity (Wildman–Crippen MR) is 174 cm³/mol. The minimum Gasteiger partial charge on any atom is -0.421 e. The van der Waals surface area contributed by atoms with Crippen LogP contribution in [-0.4, -0.2) is 38.4 Å². The van der Waals surface area contributed by atoms with Gasteiger partial charge in [-0.25, -0.2) is 0 Å². The molecule has 0 bridgehead atoms. The highest BCUT2D eigenvalue weighted by Gasteiger charge is 2.56. The van der Waals surface area contributed by atoms with E-state index in [1.165, 1.54) is 31.3 Å². The van der Waals surface area contributed by atoms with Gasteiger partial charge in [0.05, 0.1) is 5.60 Å². The third-order valence-electron chi connectivity index (χ3n) is 7.76. The first kappa shape index (κ1) is 34.6. The summed E-state index contributed by atoms with van der Waals surface area (Å²) in [4.78, 5) is 0. The van der Waals surface area contributed by atoms with Gasteiger partial charge in [-0.05, 0) is 68.1 Å². The standard InChI is InChI=1S/C32H62O2Si3/c1-26-25-32(31(5,6)7,34-36(10)11)29(28(26)20-18-24-37(12,13)14)22-21-27(30(2,3)4)19-16-15-17-23-33-35(8)9/h21-22,27-29,35-36H,1,15-17,19-20,23,25H2,2-14H3/t27-,28-,29+,32+/m0/s1. The summed E-state index contributed by atoms with van der Waals surface area (Å²) in [6.07, 6.45) is 11.9. The van der Waals surface area contributed by atoms with Crippen molar-refractivity contribution < 1.29 is 8.85 Å². The normalized spacial score (nSPS) is 24.2. The fourth-order valence-electron chi connectivity index (χ4n) is 5.67. The average Bonchev–Trinajstić information content (AvgIpc) is 2.95. The summed E-state index contributed by atoms with van der Waals surface area (Å²) in [6, 6.07) is 0. The lowest BCUT2D eigenvalue weighted by Crippen LogP contribution is -2.51. The Morgan fingerprint density at radius 3 is 2.14 bits per heavy atom. The summed E-state index contributed by atoms with van der Waals surface area (Å²) in [5.74, 6) is 4.84. The summed E-state index contributed by atoms with van der Waals surface area (Å²) in [7, 11) is -3.57. The van der Waals surface area contributed by atoms with Gasteiger partial charge in [0.25, 0.3) is 0 Å². The molecular formula is C32H62O2Si3. The summed E-state index contributed by atoms with van der Waals surface area (Å²) < 4.78 is 13.0. The number of allylic oxidation sites excluding steroid dienone is 1. The van der Waals surface area contributed by atoms with Crippen LogP contribution in [0.3, 0.4) is 0 Å². The van der Waals surface area contributed by atoms with E-state index >= 15 is 0 Å². The molecule has 214 valence electrons. The molecule has 1 aliphatic rings. The summed E-state index contributed by atoms with van der Waals surface area (Å²) in [5, 5.41) is 0. The van der Waals surface area contributed by atoms with Gasteiger partial charge in [0, 0.05) is 18.9 Å². The molecular weight excluding hydrogens is 501 g/mol. The maximum absolute atomic E-state index is 7.06. The van der Waals surface area contributed by atoms with Gasteiger partial charge in [0.2, 0.25) is 0 Å². The van der Waals surface area contributed by atoms with Crippen molar-refractivity contribution in [3.63, 3.8) is 0 Å². The summed E-state index contributed by atoms with van der Waals surface area (Å²) >= 11 is 0. The van der Waals surface area contributed by atoms with Crippen molar-refractivity contribution in [2.24, 2.45) is 28.6 Å². The Balaban J connectivity index is 3.29. The van der Waals surface area contributed by atoms with Crippen LogP contribution in [0.15, 0.2) is 24.3 Å². The van der Waals surface area contributed by atoms with Gasteiger partial charge in [-0.3, -0.25) is 0 Å². The molecule has 37 heavy (non-hydrogen) atoms. The van der Waals surface area contributed by atoms with Crippen LogP contribution in [0.5, 0.6) is 0 Å². The summed E-state index contributed by atoms with van der Waals surface area (Å²) in [6.45, 7) is 36.0. The van der Waals surface area contributed by atoms with Crippen LogP contribution in [0.2, 0.25) is 45.8 Å². The first-order valence-electron chi connectivity index (χ1n) is 15.0. The Labute approximate surface area is 236 Å². The van der Waals surface area contributed by atoms with Gasteiger partial charge < -0.3 is 8.85 Å². The summed E-state index contributed by atoms with van der Waals surface area (Å²) in [5.41, 5.74) is 5.02. The quantitative estimate of drug-likeness (QED) is 0.102. The predicted octanol–water partition coefficient (Wildman–Crippen LogP) is 9.01. The van der Waals surface area contributed by atoms with Crippen molar-refractivity contribution in [3.05, 3.63) is 24.3 Å². The third kappa shape index (κ3) is 11.3. The zero-order chi connectivity index (χ0) is 28.7. The van der Waals surface area contributed by atoms with Crippen LogP contribution < -0.4 is 0 Å². The lowest BCUT2D eigenvalue weighted by Gasteiger charge is -2.48. The van der Waals surface area contributed by atoms with E-state index in [1.807, 2.05) is 0 Å². The van der Waals surface area contributed by atoms with Gasteiger partial charge in [-0.2, -0.15) is 0 Å². The van der Waals surface area contributed by atoms with Crippen LogP contribution >= 0.6 is 0 Å². The molecule has 0 N–H and O–H groups in total. The second kappa shape index (κ2) is 14.3. The van der Waals surface area contributed by atoms with Gasteiger partial charge >= 0.3 is 0 Å². The highest BCUT2D eigenvalue weighted by molar-refractivity contribution is 6.83. The highest BCUT2D eigenvalue weighted by Crippen LogP contribution is 2.56. The molecule has 0 spiro atoms. The number of hydrogen-bond acceptors (Lipinski definition) is 2. The van der Waals surface area contributed by atoms with Gasteiger partial charge in [0.15, 0.2) is 18.1 Å². The van der Waals surface area contributed by atoms with Crippen LogP contribution in [0.1, 0.15) is 80.1 Å². The Morgan fingerprint density at radius 1 is 1.03 bits per heavy atom. The Bertz CT molecular complexity index is 799. The molecule has 0 aromatic carbocycles. The van der Waals surface area contributed by atoms with Gasteiger partial charge in [0.1, 0.15) is 8.07 Å². The van der Waals surface area contributed by atoms with Crippen LogP contribution in [0, 0.1) is 40.0 Å². The topological polar surface area (TPSA) is 18.5 Å². The molecule has 0 aromatic heterocycles. The molecule has 1 fully saturated rings. The maximum Gasteiger partial charge on any atom is 0.171 e. The molecule has 1 aliphatic carbocycles. The average molecular weight is 563 g/mol. The zero-order valence-corrected chi connectivity index (χ0v) is 30.3. The van der Waals surface area contributed by atoms with E-state index in [1.54, 1.807) is 0 Å². The second-order valence-corrected chi connectivity index (χ2v) is 24.7. The van der Waals surface area contributed by atoms with Gasteiger partial charge in [-0.1, -0.05) is 98.3 Å². The molecule has 1 rings (SSSR count). The van der Waals surface area contributed by atoms with Crippen molar-refractivity contribution in [3.8, 4) is 11.5 Å². The molecule has 0 unspecified atom stereocenters. The maximum atomic E-state index is 7.06. The molecule has 0 radical (unpaired) electrons. The van der Waals surface area contributed by atoms with Gasteiger partial charge in [-0.15, -0.1) is 11.5 Å². The molecule has 2 nitrogen and oxygen atoms in total. The first-order chi connectivity index (χ1) is 16.8. The Morgan fingerprint density at radius 2 is 1.65 bits per heavy atom. The Hall–Kier alpha value is -0.389. The minimum absolute atomic E-state index is 0.0279. The monoisotopic (exact) mass is 562 g/mol. The molecule has 0 saturated heterocycles. The van der Waals surface area contributed by atoms with Crippen molar-refractivity contribution in [1.82, 2.24) is 0 Å². The van der Waals surface area contributed by atoms with E-state index < -0.39 is 26.2 Å². The van der Waals surface area contributed by atoms with Crippen molar-refractivity contribution >= 4 is 26.2 Å². The highest BCUT2D eigenvalue weighted by atomic mass is 28.3. The SMILES string of the molecule is C=C1C[C@](O[SiH](C)C)(C(C)(C)C)[C@H](C=C[C@H](CCCCCO[SiH](C)C)C(C)(C)C)[C@H]1CC#C[Si](C)(C)C. The molecule has 0 amide bonds. The lowest BCUT2D eigenvalue weighted by molar-refractivity contribution is -0.0582. The minimum atomic E-state index is -1.40. The Kier molecular flexibility index (Phi) is 13.4. The van der Waals surface area contributed by atoms with Crippen molar-refractivity contribution in [2.75, 3.05) is 6.61 Å². The van der Waals surface area contributed by atoms with E-state index in [-0.39, 0.29) is 16.4 Å². The van der Waals surface area contributed by atoms with E-state index in [4.69, 9.17) is 8.85 Å².